The molecule has 1 aromatic heterocycles. The predicted octanol–water partition coefficient (Wildman–Crippen LogP) is 5.02. The highest BCUT2D eigenvalue weighted by Gasteiger charge is 2.09. The van der Waals surface area contributed by atoms with Gasteiger partial charge in [0.15, 0.2) is 0 Å². The number of ether oxygens (including phenoxy) is 1. The quantitative estimate of drug-likeness (QED) is 0.390. The Labute approximate surface area is 153 Å². The summed E-state index contributed by atoms with van der Waals surface area (Å²) in [5.41, 5.74) is 1.89. The number of nitrogens with zero attached hydrogens (tertiary/aromatic N) is 1. The van der Waals surface area contributed by atoms with Crippen molar-refractivity contribution in [2.75, 3.05) is 0 Å². The van der Waals surface area contributed by atoms with Gasteiger partial charge in [0, 0.05) is 10.9 Å². The van der Waals surface area contributed by atoms with Crippen LogP contribution in [0.1, 0.15) is 12.2 Å². The van der Waals surface area contributed by atoms with Gasteiger partial charge in [-0.3, -0.25) is 4.79 Å². The van der Waals surface area contributed by atoms with E-state index in [2.05, 4.69) is 25.9 Å². The Kier molecular flexibility index (Phi) is 4.24. The molecule has 4 aromatic rings. The largest absolute Gasteiger partial charge is 0.426 e. The van der Waals surface area contributed by atoms with Crippen molar-refractivity contribution in [3.8, 4) is 5.75 Å². The first kappa shape index (κ1) is 15.8. The van der Waals surface area contributed by atoms with Crippen LogP contribution in [-0.2, 0) is 11.2 Å². The molecule has 0 unspecified atom stereocenters. The number of fused-ring (bicyclic) bond motifs is 2. The van der Waals surface area contributed by atoms with E-state index in [1.54, 1.807) is 0 Å². The molecule has 5 heteroatoms. The topological polar surface area (TPSA) is 55.0 Å². The summed E-state index contributed by atoms with van der Waals surface area (Å²) < 4.78 is 6.48. The van der Waals surface area contributed by atoms with Crippen molar-refractivity contribution in [2.24, 2.45) is 0 Å². The van der Waals surface area contributed by atoms with Gasteiger partial charge in [-0.05, 0) is 47.2 Å². The van der Waals surface area contributed by atoms with Gasteiger partial charge in [0.1, 0.15) is 11.6 Å². The standard InChI is InChI=1S/C20H15BrN2O2/c21-15-7-5-14-12-16(8-6-13(14)11-15)25-20(24)10-9-19-22-17-3-1-2-4-18(17)23-19/h1-8,11-12H,9-10H2,(H,22,23). The number of hydrogen-bond donors (Lipinski definition) is 1. The Morgan fingerprint density at radius 3 is 2.72 bits per heavy atom. The maximum atomic E-state index is 12.1. The zero-order chi connectivity index (χ0) is 17.2. The minimum atomic E-state index is -0.267. The Bertz CT molecular complexity index is 1040. The van der Waals surface area contributed by atoms with Crippen LogP contribution >= 0.6 is 15.9 Å². The van der Waals surface area contributed by atoms with Crippen molar-refractivity contribution in [3.63, 3.8) is 0 Å². The van der Waals surface area contributed by atoms with Gasteiger partial charge < -0.3 is 9.72 Å². The molecular formula is C20H15BrN2O2. The van der Waals surface area contributed by atoms with Crippen LogP contribution in [0, 0.1) is 0 Å². The molecule has 1 N–H and O–H groups in total. The first-order valence-electron chi connectivity index (χ1n) is 8.01. The monoisotopic (exact) mass is 394 g/mol. The summed E-state index contributed by atoms with van der Waals surface area (Å²) in [5, 5.41) is 2.13. The van der Waals surface area contributed by atoms with E-state index in [1.807, 2.05) is 60.7 Å². The number of halogens is 1. The number of rotatable bonds is 4. The lowest BCUT2D eigenvalue weighted by atomic mass is 10.1. The van der Waals surface area contributed by atoms with Gasteiger partial charge in [-0.1, -0.05) is 40.2 Å². The highest BCUT2D eigenvalue weighted by atomic mass is 79.9. The summed E-state index contributed by atoms with van der Waals surface area (Å²) in [4.78, 5) is 19.8. The van der Waals surface area contributed by atoms with E-state index in [0.717, 1.165) is 32.1 Å². The third-order valence-corrected chi connectivity index (χ3v) is 4.50. The number of aromatic nitrogens is 2. The van der Waals surface area contributed by atoms with Gasteiger partial charge in [-0.2, -0.15) is 0 Å². The fraction of sp³-hybridized carbons (Fsp3) is 0.100. The molecule has 124 valence electrons. The molecule has 0 saturated carbocycles. The maximum absolute atomic E-state index is 12.1. The number of para-hydroxylation sites is 2. The van der Waals surface area contributed by atoms with Crippen molar-refractivity contribution in [2.45, 2.75) is 12.8 Å². The smallest absolute Gasteiger partial charge is 0.311 e. The Morgan fingerprint density at radius 2 is 1.84 bits per heavy atom. The van der Waals surface area contributed by atoms with E-state index < -0.39 is 0 Å². The van der Waals surface area contributed by atoms with E-state index in [-0.39, 0.29) is 12.4 Å². The molecule has 3 aromatic carbocycles. The normalized spacial score (nSPS) is 11.1. The minimum absolute atomic E-state index is 0.267. The molecule has 0 aliphatic heterocycles. The number of nitrogens with one attached hydrogen (secondary N) is 1. The first-order chi connectivity index (χ1) is 12.2. The molecule has 0 fully saturated rings. The second-order valence-electron chi connectivity index (χ2n) is 5.83. The predicted molar refractivity (Wildman–Crippen MR) is 102 cm³/mol. The zero-order valence-electron chi connectivity index (χ0n) is 13.3. The fourth-order valence-electron chi connectivity index (χ4n) is 2.79. The molecular weight excluding hydrogens is 380 g/mol. The summed E-state index contributed by atoms with van der Waals surface area (Å²) in [6.07, 6.45) is 0.798. The van der Waals surface area contributed by atoms with Gasteiger partial charge in [0.05, 0.1) is 17.5 Å². The summed E-state index contributed by atoms with van der Waals surface area (Å²) in [7, 11) is 0. The zero-order valence-corrected chi connectivity index (χ0v) is 14.9. The molecule has 0 bridgehead atoms. The molecule has 4 nitrogen and oxygen atoms in total. The van der Waals surface area contributed by atoms with Crippen LogP contribution in [0.2, 0.25) is 0 Å². The summed E-state index contributed by atoms with van der Waals surface area (Å²) in [5.74, 6) is 1.09. The Morgan fingerprint density at radius 1 is 1.04 bits per heavy atom. The SMILES string of the molecule is O=C(CCc1nc2ccccc2[nH]1)Oc1ccc2cc(Br)ccc2c1. The molecule has 0 radical (unpaired) electrons. The molecule has 0 amide bonds. The lowest BCUT2D eigenvalue weighted by molar-refractivity contribution is -0.134. The van der Waals surface area contributed by atoms with Crippen molar-refractivity contribution in [3.05, 3.63) is 71.0 Å². The highest BCUT2D eigenvalue weighted by molar-refractivity contribution is 9.10. The number of imidazole rings is 1. The van der Waals surface area contributed by atoms with E-state index in [0.29, 0.717) is 12.2 Å². The molecule has 4 rings (SSSR count). The van der Waals surface area contributed by atoms with Crippen LogP contribution in [0.15, 0.2) is 65.1 Å². The van der Waals surface area contributed by atoms with E-state index in [9.17, 15) is 4.79 Å². The second-order valence-corrected chi connectivity index (χ2v) is 6.74. The highest BCUT2D eigenvalue weighted by Crippen LogP contribution is 2.24. The number of carbonyl (C=O) groups is 1. The van der Waals surface area contributed by atoms with Crippen molar-refractivity contribution >= 4 is 43.7 Å². The number of benzene rings is 3. The molecule has 0 saturated heterocycles. The average molecular weight is 395 g/mol. The fourth-order valence-corrected chi connectivity index (χ4v) is 3.16. The minimum Gasteiger partial charge on any atom is -0.426 e. The molecule has 0 spiro atoms. The van der Waals surface area contributed by atoms with Gasteiger partial charge in [0.2, 0.25) is 0 Å². The Hall–Kier alpha value is -2.66. The average Bonchev–Trinajstić information content (AvgIpc) is 3.03. The molecule has 25 heavy (non-hydrogen) atoms. The third-order valence-electron chi connectivity index (χ3n) is 4.01. The third kappa shape index (κ3) is 3.56. The number of carbonyl (C=O) groups excluding carboxylic acids is 1. The summed E-state index contributed by atoms with van der Waals surface area (Å²) in [6, 6.07) is 19.4. The molecule has 1 heterocycles. The van der Waals surface area contributed by atoms with Crippen molar-refractivity contribution < 1.29 is 9.53 Å². The number of aryl methyl sites for hydroxylation is 1. The van der Waals surface area contributed by atoms with Crippen LogP contribution in [-0.4, -0.2) is 15.9 Å². The maximum Gasteiger partial charge on any atom is 0.311 e. The number of aromatic amines is 1. The number of hydrogen-bond acceptors (Lipinski definition) is 3. The summed E-state index contributed by atoms with van der Waals surface area (Å²) >= 11 is 3.45. The first-order valence-corrected chi connectivity index (χ1v) is 8.80. The van der Waals surface area contributed by atoms with Crippen LogP contribution < -0.4 is 4.74 Å². The van der Waals surface area contributed by atoms with E-state index >= 15 is 0 Å². The molecule has 0 aliphatic carbocycles. The van der Waals surface area contributed by atoms with E-state index in [1.165, 1.54) is 0 Å². The van der Waals surface area contributed by atoms with Crippen LogP contribution in [0.5, 0.6) is 5.75 Å². The van der Waals surface area contributed by atoms with Crippen LogP contribution in [0.4, 0.5) is 0 Å². The second kappa shape index (κ2) is 6.69. The van der Waals surface area contributed by atoms with Gasteiger partial charge >= 0.3 is 5.97 Å². The lowest BCUT2D eigenvalue weighted by Crippen LogP contribution is -2.09. The van der Waals surface area contributed by atoms with Crippen molar-refractivity contribution in [1.82, 2.24) is 9.97 Å². The molecule has 0 atom stereocenters. The van der Waals surface area contributed by atoms with E-state index in [4.69, 9.17) is 4.74 Å². The Balaban J connectivity index is 1.42. The summed E-state index contributed by atoms with van der Waals surface area (Å²) in [6.45, 7) is 0. The van der Waals surface area contributed by atoms with Gasteiger partial charge in [-0.25, -0.2) is 4.98 Å². The lowest BCUT2D eigenvalue weighted by Gasteiger charge is -2.05. The van der Waals surface area contributed by atoms with Crippen LogP contribution in [0.25, 0.3) is 21.8 Å². The number of esters is 1. The number of H-pyrrole nitrogens is 1. The van der Waals surface area contributed by atoms with Crippen molar-refractivity contribution in [1.29, 1.82) is 0 Å². The van der Waals surface area contributed by atoms with Gasteiger partial charge in [0.25, 0.3) is 0 Å². The van der Waals surface area contributed by atoms with Gasteiger partial charge in [-0.15, -0.1) is 0 Å². The molecule has 0 aliphatic rings. The van der Waals surface area contributed by atoms with Crippen LogP contribution in [0.3, 0.4) is 0 Å².